The summed E-state index contributed by atoms with van der Waals surface area (Å²) in [5.41, 5.74) is 1.39. The number of carbonyl (C=O) groups excluding carboxylic acids is 2. The van der Waals surface area contributed by atoms with Crippen LogP contribution in [-0.2, 0) is 4.79 Å². The number of hydrogen-bond acceptors (Lipinski definition) is 4. The molecule has 1 saturated heterocycles. The molecule has 2 amide bonds. The van der Waals surface area contributed by atoms with Gasteiger partial charge in [-0.1, -0.05) is 6.58 Å². The summed E-state index contributed by atoms with van der Waals surface area (Å²) >= 11 is 1.75. The van der Waals surface area contributed by atoms with Gasteiger partial charge in [-0.2, -0.15) is 0 Å². The van der Waals surface area contributed by atoms with Crippen molar-refractivity contribution in [3.05, 3.63) is 58.6 Å². The highest BCUT2D eigenvalue weighted by molar-refractivity contribution is 7.11. The van der Waals surface area contributed by atoms with E-state index in [-0.39, 0.29) is 11.8 Å². The molecule has 0 radical (unpaired) electrons. The van der Waals surface area contributed by atoms with E-state index < -0.39 is 0 Å². The number of hydrogen-bond donors (Lipinski definition) is 0. The Morgan fingerprint density at radius 1 is 1.27 bits per heavy atom. The molecule has 1 aromatic heterocycles. The molecule has 0 N–H and O–H groups in total. The number of thiazole rings is 1. The van der Waals surface area contributed by atoms with E-state index in [0.717, 1.165) is 31.6 Å². The Bertz CT molecular complexity index is 805. The summed E-state index contributed by atoms with van der Waals surface area (Å²) < 4.78 is 0. The normalized spacial score (nSPS) is 14.9. The second-order valence-electron chi connectivity index (χ2n) is 6.52. The zero-order valence-electron chi connectivity index (χ0n) is 15.1. The predicted molar refractivity (Wildman–Crippen MR) is 105 cm³/mol. The molecule has 0 bridgehead atoms. The summed E-state index contributed by atoms with van der Waals surface area (Å²) in [5, 5.41) is 1.19. The van der Waals surface area contributed by atoms with Gasteiger partial charge < -0.3 is 9.80 Å². The lowest BCUT2D eigenvalue weighted by molar-refractivity contribution is -0.113. The van der Waals surface area contributed by atoms with Crippen LogP contribution in [0.1, 0.15) is 39.0 Å². The first-order valence-electron chi connectivity index (χ1n) is 8.71. The smallest absolute Gasteiger partial charge is 0.253 e. The lowest BCUT2D eigenvalue weighted by Gasteiger charge is -2.31. The largest absolute Gasteiger partial charge is 0.339 e. The third-order valence-corrected chi connectivity index (χ3v) is 5.85. The van der Waals surface area contributed by atoms with Crippen LogP contribution < -0.4 is 4.90 Å². The van der Waals surface area contributed by atoms with Crippen LogP contribution >= 0.6 is 11.3 Å². The topological polar surface area (TPSA) is 53.5 Å². The van der Waals surface area contributed by atoms with E-state index >= 15 is 0 Å². The molecule has 0 unspecified atom stereocenters. The Morgan fingerprint density at radius 2 is 1.92 bits per heavy atom. The Hall–Kier alpha value is -2.47. The van der Waals surface area contributed by atoms with Crippen molar-refractivity contribution in [2.24, 2.45) is 0 Å². The number of aryl methyl sites for hydroxylation is 1. The highest BCUT2D eigenvalue weighted by atomic mass is 32.1. The van der Waals surface area contributed by atoms with Gasteiger partial charge in [0, 0.05) is 48.4 Å². The van der Waals surface area contributed by atoms with Gasteiger partial charge in [0.25, 0.3) is 5.91 Å². The molecule has 1 aliphatic rings. The van der Waals surface area contributed by atoms with Crippen LogP contribution in [0.2, 0.25) is 0 Å². The van der Waals surface area contributed by atoms with Gasteiger partial charge in [0.2, 0.25) is 5.91 Å². The first-order valence-corrected chi connectivity index (χ1v) is 9.53. The molecule has 0 aliphatic carbocycles. The van der Waals surface area contributed by atoms with Gasteiger partial charge in [-0.15, -0.1) is 11.3 Å². The molecular weight excluding hydrogens is 346 g/mol. The number of carbonyl (C=O) groups is 2. The second kappa shape index (κ2) is 7.83. The van der Waals surface area contributed by atoms with Crippen molar-refractivity contribution in [3.8, 4) is 0 Å². The summed E-state index contributed by atoms with van der Waals surface area (Å²) in [7, 11) is 1.69. The van der Waals surface area contributed by atoms with E-state index in [9.17, 15) is 9.59 Å². The van der Waals surface area contributed by atoms with Crippen LogP contribution in [0.4, 0.5) is 5.69 Å². The van der Waals surface area contributed by atoms with E-state index in [1.807, 2.05) is 11.1 Å². The van der Waals surface area contributed by atoms with E-state index in [4.69, 9.17) is 0 Å². The zero-order chi connectivity index (χ0) is 18.7. The van der Waals surface area contributed by atoms with E-state index in [1.54, 1.807) is 42.6 Å². The van der Waals surface area contributed by atoms with Crippen molar-refractivity contribution in [1.82, 2.24) is 9.88 Å². The molecule has 1 aliphatic heterocycles. The van der Waals surface area contributed by atoms with Crippen LogP contribution in [0.25, 0.3) is 0 Å². The summed E-state index contributed by atoms with van der Waals surface area (Å²) in [6, 6.07) is 7.14. The summed E-state index contributed by atoms with van der Waals surface area (Å²) in [4.78, 5) is 33.5. The van der Waals surface area contributed by atoms with Gasteiger partial charge in [0.05, 0.1) is 5.01 Å². The fourth-order valence-electron chi connectivity index (χ4n) is 3.16. The van der Waals surface area contributed by atoms with Gasteiger partial charge in [0.1, 0.15) is 0 Å². The predicted octanol–water partition coefficient (Wildman–Crippen LogP) is 3.62. The summed E-state index contributed by atoms with van der Waals surface area (Å²) in [6.07, 6.45) is 5.10. The van der Waals surface area contributed by atoms with Crippen molar-refractivity contribution >= 4 is 28.8 Å². The minimum Gasteiger partial charge on any atom is -0.339 e. The van der Waals surface area contributed by atoms with Crippen molar-refractivity contribution in [2.45, 2.75) is 25.7 Å². The Labute approximate surface area is 158 Å². The quantitative estimate of drug-likeness (QED) is 0.774. The molecule has 0 saturated carbocycles. The zero-order valence-corrected chi connectivity index (χ0v) is 16.0. The first-order chi connectivity index (χ1) is 12.5. The highest BCUT2D eigenvalue weighted by Crippen LogP contribution is 2.31. The number of piperidine rings is 1. The number of likely N-dealkylation sites (N-methyl/N-ethyl adjacent to an activating group) is 1. The molecule has 26 heavy (non-hydrogen) atoms. The third kappa shape index (κ3) is 3.85. The molecule has 3 rings (SSSR count). The highest BCUT2D eigenvalue weighted by Gasteiger charge is 2.26. The number of rotatable bonds is 4. The fourth-order valence-corrected chi connectivity index (χ4v) is 4.11. The molecule has 0 atom stereocenters. The number of anilines is 1. The molecule has 6 heteroatoms. The number of likely N-dealkylation sites (tertiary alicyclic amines) is 1. The summed E-state index contributed by atoms with van der Waals surface area (Å²) in [5.74, 6) is 0.324. The molecular formula is C20H23N3O2S. The maximum Gasteiger partial charge on any atom is 0.253 e. The lowest BCUT2D eigenvalue weighted by atomic mass is 9.97. The minimum atomic E-state index is -0.177. The van der Waals surface area contributed by atoms with Gasteiger partial charge in [0.15, 0.2) is 0 Å². The fraction of sp³-hybridized carbons (Fsp3) is 0.350. The van der Waals surface area contributed by atoms with E-state index in [0.29, 0.717) is 11.5 Å². The Balaban J connectivity index is 1.61. The molecule has 0 spiro atoms. The van der Waals surface area contributed by atoms with Gasteiger partial charge >= 0.3 is 0 Å². The number of nitrogens with zero attached hydrogens (tertiary/aromatic N) is 3. The van der Waals surface area contributed by atoms with Crippen molar-refractivity contribution < 1.29 is 9.59 Å². The van der Waals surface area contributed by atoms with Crippen molar-refractivity contribution in [2.75, 3.05) is 25.0 Å². The Kier molecular flexibility index (Phi) is 5.52. The SMILES string of the molecule is C=CC(=O)N(C)c1ccc(C(=O)N2CCC(c3ncc(C)s3)CC2)cc1. The molecule has 2 heterocycles. The van der Waals surface area contributed by atoms with Crippen LogP contribution in [-0.4, -0.2) is 41.8 Å². The monoisotopic (exact) mass is 369 g/mol. The minimum absolute atomic E-state index is 0.0445. The molecule has 1 fully saturated rings. The molecule has 136 valence electrons. The lowest BCUT2D eigenvalue weighted by Crippen LogP contribution is -2.37. The standard InChI is InChI=1S/C20H23N3O2S/c1-4-18(24)22(3)17-7-5-16(6-8-17)20(25)23-11-9-15(10-12-23)19-21-13-14(2)26-19/h4-8,13,15H,1,9-12H2,2-3H3. The maximum absolute atomic E-state index is 12.7. The second-order valence-corrected chi connectivity index (χ2v) is 7.79. The molecule has 1 aromatic carbocycles. The maximum atomic E-state index is 12.7. The number of amides is 2. The third-order valence-electron chi connectivity index (χ3n) is 4.78. The van der Waals surface area contributed by atoms with Gasteiger partial charge in [-0.05, 0) is 50.1 Å². The first kappa shape index (κ1) is 18.3. The van der Waals surface area contributed by atoms with Crippen LogP contribution in [0.5, 0.6) is 0 Å². The van der Waals surface area contributed by atoms with E-state index in [2.05, 4.69) is 18.5 Å². The van der Waals surface area contributed by atoms with E-state index in [1.165, 1.54) is 20.9 Å². The summed E-state index contributed by atoms with van der Waals surface area (Å²) in [6.45, 7) is 7.06. The number of benzene rings is 1. The van der Waals surface area contributed by atoms with Crippen LogP contribution in [0, 0.1) is 6.92 Å². The average Bonchev–Trinajstić information content (AvgIpc) is 3.13. The number of aromatic nitrogens is 1. The molecule has 5 nitrogen and oxygen atoms in total. The average molecular weight is 369 g/mol. The Morgan fingerprint density at radius 3 is 2.46 bits per heavy atom. The van der Waals surface area contributed by atoms with Gasteiger partial charge in [-0.3, -0.25) is 9.59 Å². The van der Waals surface area contributed by atoms with Crippen LogP contribution in [0.15, 0.2) is 43.1 Å². The van der Waals surface area contributed by atoms with Crippen molar-refractivity contribution in [1.29, 1.82) is 0 Å². The van der Waals surface area contributed by atoms with Crippen LogP contribution in [0.3, 0.4) is 0 Å². The van der Waals surface area contributed by atoms with Crippen molar-refractivity contribution in [3.63, 3.8) is 0 Å². The van der Waals surface area contributed by atoms with Gasteiger partial charge in [-0.25, -0.2) is 4.98 Å². The molecule has 2 aromatic rings.